The van der Waals surface area contributed by atoms with E-state index < -0.39 is 67.0 Å². The van der Waals surface area contributed by atoms with Crippen molar-refractivity contribution in [2.75, 3.05) is 23.1 Å². The number of anilines is 2. The second-order valence-electron chi connectivity index (χ2n) is 10.1. The minimum Gasteiger partial charge on any atom is -0.350 e. The van der Waals surface area contributed by atoms with Crippen molar-refractivity contribution in [1.29, 1.82) is 0 Å². The normalized spacial score (nSPS) is 17.5. The van der Waals surface area contributed by atoms with Crippen LogP contribution < -0.4 is 20.9 Å². The molecule has 42 heavy (non-hydrogen) atoms. The second kappa shape index (κ2) is 11.5. The molecule has 15 heteroatoms. The molecule has 222 valence electrons. The Labute approximate surface area is 243 Å². The number of hydrogen-bond donors (Lipinski definition) is 3. The van der Waals surface area contributed by atoms with Crippen molar-refractivity contribution >= 4 is 44.3 Å². The van der Waals surface area contributed by atoms with E-state index in [4.69, 9.17) is 11.6 Å². The van der Waals surface area contributed by atoms with Crippen molar-refractivity contribution in [3.63, 3.8) is 0 Å². The smallest absolute Gasteiger partial charge is 0.263 e. The zero-order chi connectivity index (χ0) is 30.3. The summed E-state index contributed by atoms with van der Waals surface area (Å²) in [4.78, 5) is 21.7. The van der Waals surface area contributed by atoms with Gasteiger partial charge in [-0.1, -0.05) is 23.7 Å². The van der Waals surface area contributed by atoms with Gasteiger partial charge in [0, 0.05) is 48.7 Å². The highest BCUT2D eigenvalue weighted by molar-refractivity contribution is 7.92. The molecule has 1 aliphatic rings. The summed E-state index contributed by atoms with van der Waals surface area (Å²) in [6.45, 7) is 4.07. The first-order valence-electron chi connectivity index (χ1n) is 12.9. The number of aromatic nitrogens is 3. The SMILES string of the molecule is CC(C)n1c(=O)c(-c2cc(F)c(NS(=O)(=O)c3ccccc3Cl)c(F)c2F)cc2cnc(N[C@@H]3CNC[C@@H](F)C3)nc21. The van der Waals surface area contributed by atoms with E-state index >= 15 is 13.2 Å². The fraction of sp³-hybridized carbons (Fsp3) is 0.296. The van der Waals surface area contributed by atoms with Crippen molar-refractivity contribution in [3.05, 3.63) is 75.4 Å². The van der Waals surface area contributed by atoms with Crippen LogP contribution in [0, 0.1) is 17.5 Å². The van der Waals surface area contributed by atoms with Crippen LogP contribution in [0.3, 0.4) is 0 Å². The predicted molar refractivity (Wildman–Crippen MR) is 152 cm³/mol. The molecule has 9 nitrogen and oxygen atoms in total. The molecule has 0 aliphatic carbocycles. The number of sulfonamides is 1. The molecule has 1 aliphatic heterocycles. The van der Waals surface area contributed by atoms with E-state index in [1.54, 1.807) is 18.6 Å². The van der Waals surface area contributed by atoms with E-state index in [0.717, 1.165) is 6.07 Å². The van der Waals surface area contributed by atoms with Crippen LogP contribution in [0.2, 0.25) is 5.02 Å². The Morgan fingerprint density at radius 3 is 2.52 bits per heavy atom. The van der Waals surface area contributed by atoms with Crippen molar-refractivity contribution in [2.24, 2.45) is 0 Å². The van der Waals surface area contributed by atoms with E-state index in [0.29, 0.717) is 12.6 Å². The topological polar surface area (TPSA) is 118 Å². The first-order chi connectivity index (χ1) is 19.9. The highest BCUT2D eigenvalue weighted by Crippen LogP contribution is 2.33. The largest absolute Gasteiger partial charge is 0.350 e. The predicted octanol–water partition coefficient (Wildman–Crippen LogP) is 5.02. The summed E-state index contributed by atoms with van der Waals surface area (Å²) in [5.41, 5.74) is -3.02. The molecule has 4 aromatic rings. The number of nitrogens with one attached hydrogen (secondary N) is 3. The number of pyridine rings is 1. The Morgan fingerprint density at radius 1 is 1.10 bits per heavy atom. The van der Waals surface area contributed by atoms with Crippen molar-refractivity contribution in [2.45, 2.75) is 43.4 Å². The standard InChI is InChI=1S/C27H25ClF4N6O3S/c1-13(2)38-25-14(10-34-27(36-25)35-16-8-15(29)11-33-12-16)7-18(26(38)39)17-9-20(30)24(23(32)22(17)31)37-42(40,41)21-6-4-3-5-19(21)28/h3-7,9-10,13,15-16,33,37H,8,11-12H2,1-2H3,(H,34,35,36)/t15-,16-/m0/s1. The van der Waals surface area contributed by atoms with Gasteiger partial charge in [0.05, 0.1) is 10.6 Å². The Balaban J connectivity index is 1.57. The van der Waals surface area contributed by atoms with E-state index in [-0.39, 0.29) is 41.0 Å². The van der Waals surface area contributed by atoms with Crippen LogP contribution in [0.5, 0.6) is 0 Å². The maximum atomic E-state index is 15.4. The summed E-state index contributed by atoms with van der Waals surface area (Å²) in [5, 5.41) is 6.04. The van der Waals surface area contributed by atoms with Gasteiger partial charge in [0.1, 0.15) is 22.4 Å². The molecule has 0 spiro atoms. The lowest BCUT2D eigenvalue weighted by atomic mass is 10.0. The molecule has 5 rings (SSSR count). The first kappa shape index (κ1) is 29.7. The molecule has 0 bridgehead atoms. The molecule has 1 saturated heterocycles. The molecular formula is C27H25ClF4N6O3S. The van der Waals surface area contributed by atoms with Crippen LogP contribution in [0.15, 0.2) is 52.3 Å². The van der Waals surface area contributed by atoms with Crippen molar-refractivity contribution in [1.82, 2.24) is 19.9 Å². The Hall–Kier alpha value is -3.75. The average molecular weight is 625 g/mol. The number of halogens is 5. The summed E-state index contributed by atoms with van der Waals surface area (Å²) < 4.78 is 88.0. The monoisotopic (exact) mass is 624 g/mol. The molecule has 3 N–H and O–H groups in total. The third-order valence-corrected chi connectivity index (χ3v) is 8.58. The van der Waals surface area contributed by atoms with Crippen LogP contribution in [-0.2, 0) is 10.0 Å². The molecule has 0 radical (unpaired) electrons. The Morgan fingerprint density at radius 2 is 1.83 bits per heavy atom. The van der Waals surface area contributed by atoms with Gasteiger partial charge in [-0.2, -0.15) is 4.98 Å². The number of alkyl halides is 1. The fourth-order valence-corrected chi connectivity index (χ4v) is 6.37. The highest BCUT2D eigenvalue weighted by Gasteiger charge is 2.28. The van der Waals surface area contributed by atoms with E-state index in [1.807, 2.05) is 0 Å². The van der Waals surface area contributed by atoms with Gasteiger partial charge < -0.3 is 10.6 Å². The number of hydrogen-bond acceptors (Lipinski definition) is 7. The van der Waals surface area contributed by atoms with E-state index in [9.17, 15) is 17.6 Å². The summed E-state index contributed by atoms with van der Waals surface area (Å²) in [7, 11) is -4.60. The number of fused-ring (bicyclic) bond motifs is 1. The molecular weight excluding hydrogens is 600 g/mol. The summed E-state index contributed by atoms with van der Waals surface area (Å²) in [5.74, 6) is -4.81. The van der Waals surface area contributed by atoms with Crippen LogP contribution >= 0.6 is 11.6 Å². The minimum atomic E-state index is -4.60. The van der Waals surface area contributed by atoms with Gasteiger partial charge in [-0.3, -0.25) is 14.1 Å². The van der Waals surface area contributed by atoms with Crippen LogP contribution in [0.4, 0.5) is 29.2 Å². The van der Waals surface area contributed by atoms with Gasteiger partial charge >= 0.3 is 0 Å². The van der Waals surface area contributed by atoms with Crippen LogP contribution in [-0.4, -0.2) is 48.3 Å². The van der Waals surface area contributed by atoms with Crippen molar-refractivity contribution in [3.8, 4) is 11.1 Å². The quantitative estimate of drug-likeness (QED) is 0.195. The minimum absolute atomic E-state index is 0.142. The fourth-order valence-electron chi connectivity index (χ4n) is 4.78. The third kappa shape index (κ3) is 5.65. The second-order valence-corrected chi connectivity index (χ2v) is 12.1. The van der Waals surface area contributed by atoms with Crippen LogP contribution in [0.1, 0.15) is 26.3 Å². The molecule has 3 heterocycles. The Kier molecular flexibility index (Phi) is 8.14. The van der Waals surface area contributed by atoms with Gasteiger partial charge in [0.15, 0.2) is 17.5 Å². The van der Waals surface area contributed by atoms with Crippen LogP contribution in [0.25, 0.3) is 22.2 Å². The molecule has 2 aromatic carbocycles. The van der Waals surface area contributed by atoms with Gasteiger partial charge in [0.2, 0.25) is 5.95 Å². The lowest BCUT2D eigenvalue weighted by Crippen LogP contribution is -2.44. The molecule has 2 aromatic heterocycles. The molecule has 0 unspecified atom stereocenters. The highest BCUT2D eigenvalue weighted by atomic mass is 35.5. The zero-order valence-electron chi connectivity index (χ0n) is 22.3. The van der Waals surface area contributed by atoms with Crippen molar-refractivity contribution < 1.29 is 26.0 Å². The number of benzene rings is 2. The lowest BCUT2D eigenvalue weighted by Gasteiger charge is -2.26. The average Bonchev–Trinajstić information content (AvgIpc) is 2.93. The maximum Gasteiger partial charge on any atom is 0.263 e. The Bertz CT molecular complexity index is 1850. The molecule has 0 amide bonds. The van der Waals surface area contributed by atoms with E-state index in [2.05, 4.69) is 20.6 Å². The summed E-state index contributed by atoms with van der Waals surface area (Å²) in [6.07, 6.45) is 0.555. The van der Waals surface area contributed by atoms with Gasteiger partial charge in [-0.05, 0) is 38.1 Å². The molecule has 1 fully saturated rings. The molecule has 0 saturated carbocycles. The van der Waals surface area contributed by atoms with Gasteiger partial charge in [-0.25, -0.2) is 31.0 Å². The maximum absolute atomic E-state index is 15.4. The third-order valence-electron chi connectivity index (χ3n) is 6.73. The number of piperidine rings is 1. The van der Waals surface area contributed by atoms with E-state index in [1.165, 1.54) is 35.0 Å². The van der Waals surface area contributed by atoms with Gasteiger partial charge in [-0.15, -0.1) is 0 Å². The van der Waals surface area contributed by atoms with Gasteiger partial charge in [0.25, 0.3) is 15.6 Å². The summed E-state index contributed by atoms with van der Waals surface area (Å²) in [6, 6.07) is 6.12. The number of nitrogens with zero attached hydrogens (tertiary/aromatic N) is 3. The first-order valence-corrected chi connectivity index (χ1v) is 14.7. The number of rotatable bonds is 7. The zero-order valence-corrected chi connectivity index (χ0v) is 23.8. The summed E-state index contributed by atoms with van der Waals surface area (Å²) >= 11 is 5.91. The lowest BCUT2D eigenvalue weighted by molar-refractivity contribution is 0.254. The molecule has 2 atom stereocenters.